The summed E-state index contributed by atoms with van der Waals surface area (Å²) < 4.78 is 25.1. The molecule has 33 heavy (non-hydrogen) atoms. The van der Waals surface area contributed by atoms with Crippen molar-refractivity contribution in [1.29, 1.82) is 0 Å². The Morgan fingerprint density at radius 3 is 2.88 bits per heavy atom. The van der Waals surface area contributed by atoms with Gasteiger partial charge in [-0.05, 0) is 58.5 Å². The van der Waals surface area contributed by atoms with E-state index >= 15 is 0 Å². The van der Waals surface area contributed by atoms with Crippen molar-refractivity contribution in [3.05, 3.63) is 46.9 Å². The quantitative estimate of drug-likeness (QED) is 0.689. The fourth-order valence-corrected chi connectivity index (χ4v) is 4.33. The van der Waals surface area contributed by atoms with Crippen LogP contribution in [0.2, 0.25) is 0 Å². The fourth-order valence-electron chi connectivity index (χ4n) is 4.33. The Labute approximate surface area is 192 Å². The van der Waals surface area contributed by atoms with Crippen LogP contribution in [0.5, 0.6) is 0 Å². The first-order valence-electron chi connectivity index (χ1n) is 11.1. The van der Waals surface area contributed by atoms with Gasteiger partial charge in [-0.3, -0.25) is 14.8 Å². The average Bonchev–Trinajstić information content (AvgIpc) is 3.46. The van der Waals surface area contributed by atoms with Gasteiger partial charge in [0.2, 0.25) is 0 Å². The Morgan fingerprint density at radius 1 is 1.42 bits per heavy atom. The number of ether oxygens (including phenoxy) is 2. The number of hydrogen-bond acceptors (Lipinski definition) is 6. The zero-order valence-electron chi connectivity index (χ0n) is 19.4. The molecule has 2 aliphatic rings. The van der Waals surface area contributed by atoms with E-state index in [1.807, 2.05) is 32.8 Å². The van der Waals surface area contributed by atoms with Crippen LogP contribution in [-0.4, -0.2) is 65.3 Å². The summed E-state index contributed by atoms with van der Waals surface area (Å²) in [4.78, 5) is 29.2. The number of nitrogens with zero attached hydrogens (tertiary/aromatic N) is 3. The smallest absolute Gasteiger partial charge is 0.411 e. The highest BCUT2D eigenvalue weighted by Gasteiger charge is 2.46. The van der Waals surface area contributed by atoms with Crippen LogP contribution in [0.4, 0.5) is 15.0 Å². The molecule has 10 heteroatoms. The highest BCUT2D eigenvalue weighted by atomic mass is 19.1. The highest BCUT2D eigenvalue weighted by molar-refractivity contribution is 5.94. The van der Waals surface area contributed by atoms with Gasteiger partial charge < -0.3 is 19.7 Å². The molecule has 0 spiro atoms. The second-order valence-electron chi connectivity index (χ2n) is 9.25. The van der Waals surface area contributed by atoms with E-state index < -0.39 is 23.8 Å². The van der Waals surface area contributed by atoms with E-state index in [0.29, 0.717) is 36.6 Å². The summed E-state index contributed by atoms with van der Waals surface area (Å²) in [5.41, 5.74) is 1.22. The molecule has 2 amide bonds. The molecule has 1 unspecified atom stereocenters. The first-order chi connectivity index (χ1) is 15.7. The number of aromatic amines is 1. The van der Waals surface area contributed by atoms with E-state index in [1.165, 1.54) is 12.1 Å². The van der Waals surface area contributed by atoms with Crippen LogP contribution in [0.1, 0.15) is 49.6 Å². The highest BCUT2D eigenvalue weighted by Crippen LogP contribution is 2.41. The number of hydrogen-bond donors (Lipinski definition) is 2. The molecule has 1 aromatic heterocycles. The third-order valence-electron chi connectivity index (χ3n) is 6.12. The Balaban J connectivity index is 1.51. The van der Waals surface area contributed by atoms with Gasteiger partial charge >= 0.3 is 6.09 Å². The van der Waals surface area contributed by atoms with Crippen LogP contribution >= 0.6 is 0 Å². The SMILES string of the molecule is CN(C)CC(OC(=O)N1Cc2c(n[nH]c2NC(=O)[C@H]2CCCO2)C1(C)C)c1cccc(F)c1. The van der Waals surface area contributed by atoms with Gasteiger partial charge in [-0.1, -0.05) is 12.1 Å². The zero-order chi connectivity index (χ0) is 23.8. The number of halogens is 1. The Hall–Kier alpha value is -2.98. The summed E-state index contributed by atoms with van der Waals surface area (Å²) in [5, 5.41) is 10.1. The number of anilines is 1. The normalized spacial score (nSPS) is 20.1. The van der Waals surface area contributed by atoms with Gasteiger partial charge in [0, 0.05) is 18.7 Å². The van der Waals surface area contributed by atoms with E-state index in [-0.39, 0.29) is 18.3 Å². The largest absolute Gasteiger partial charge is 0.440 e. The summed E-state index contributed by atoms with van der Waals surface area (Å²) in [6.45, 7) is 4.94. The number of likely N-dealkylation sites (N-methyl/N-ethyl adjacent to an activating group) is 1. The molecular weight excluding hydrogens is 429 g/mol. The minimum Gasteiger partial charge on any atom is -0.440 e. The monoisotopic (exact) mass is 459 g/mol. The summed E-state index contributed by atoms with van der Waals surface area (Å²) in [6, 6.07) is 6.07. The van der Waals surface area contributed by atoms with Crippen molar-refractivity contribution in [2.75, 3.05) is 32.6 Å². The van der Waals surface area contributed by atoms with Crippen LogP contribution in [0.15, 0.2) is 24.3 Å². The Bertz CT molecular complexity index is 1030. The number of fused-ring (bicyclic) bond motifs is 1. The maximum Gasteiger partial charge on any atom is 0.411 e. The molecule has 2 atom stereocenters. The predicted molar refractivity (Wildman–Crippen MR) is 119 cm³/mol. The van der Waals surface area contributed by atoms with Gasteiger partial charge in [-0.15, -0.1) is 0 Å². The van der Waals surface area contributed by atoms with Gasteiger partial charge in [0.1, 0.15) is 23.8 Å². The van der Waals surface area contributed by atoms with Gasteiger partial charge in [0.15, 0.2) is 0 Å². The number of H-pyrrole nitrogens is 1. The van der Waals surface area contributed by atoms with Gasteiger partial charge in [-0.25, -0.2) is 9.18 Å². The van der Waals surface area contributed by atoms with Crippen molar-refractivity contribution in [3.63, 3.8) is 0 Å². The van der Waals surface area contributed by atoms with E-state index in [0.717, 1.165) is 12.0 Å². The number of nitrogens with one attached hydrogen (secondary N) is 2. The topological polar surface area (TPSA) is 99.8 Å². The van der Waals surface area contributed by atoms with Crippen molar-refractivity contribution in [3.8, 4) is 0 Å². The summed E-state index contributed by atoms with van der Waals surface area (Å²) >= 11 is 0. The van der Waals surface area contributed by atoms with Crippen LogP contribution in [0.25, 0.3) is 0 Å². The first-order valence-corrected chi connectivity index (χ1v) is 11.1. The maximum absolute atomic E-state index is 13.8. The first kappa shape index (κ1) is 23.2. The lowest BCUT2D eigenvalue weighted by Crippen LogP contribution is -2.42. The van der Waals surface area contributed by atoms with Crippen molar-refractivity contribution >= 4 is 17.8 Å². The van der Waals surface area contributed by atoms with Crippen molar-refractivity contribution in [1.82, 2.24) is 20.0 Å². The van der Waals surface area contributed by atoms with E-state index in [2.05, 4.69) is 15.5 Å². The van der Waals surface area contributed by atoms with Gasteiger partial charge in [0.25, 0.3) is 5.91 Å². The molecule has 1 aromatic carbocycles. The van der Waals surface area contributed by atoms with Crippen molar-refractivity contribution in [2.45, 2.75) is 51.0 Å². The molecule has 9 nitrogen and oxygen atoms in total. The van der Waals surface area contributed by atoms with Crippen LogP contribution in [0.3, 0.4) is 0 Å². The molecule has 2 aromatic rings. The van der Waals surface area contributed by atoms with E-state index in [4.69, 9.17) is 9.47 Å². The predicted octanol–water partition coefficient (Wildman–Crippen LogP) is 3.16. The van der Waals surface area contributed by atoms with Crippen LogP contribution in [-0.2, 0) is 26.4 Å². The number of carbonyl (C=O) groups excluding carboxylic acids is 2. The Kier molecular flexibility index (Phi) is 6.40. The third-order valence-corrected chi connectivity index (χ3v) is 6.12. The molecule has 4 rings (SSSR count). The maximum atomic E-state index is 13.8. The van der Waals surface area contributed by atoms with Crippen LogP contribution in [0, 0.1) is 5.82 Å². The van der Waals surface area contributed by atoms with Crippen molar-refractivity contribution < 1.29 is 23.5 Å². The fraction of sp³-hybridized carbons (Fsp3) is 0.522. The number of carbonyl (C=O) groups is 2. The summed E-state index contributed by atoms with van der Waals surface area (Å²) in [6.07, 6.45) is -0.125. The van der Waals surface area contributed by atoms with Crippen LogP contribution < -0.4 is 5.32 Å². The summed E-state index contributed by atoms with van der Waals surface area (Å²) in [7, 11) is 3.72. The lowest BCUT2D eigenvalue weighted by Gasteiger charge is -2.32. The van der Waals surface area contributed by atoms with E-state index in [1.54, 1.807) is 17.0 Å². The second kappa shape index (κ2) is 9.11. The van der Waals surface area contributed by atoms with E-state index in [9.17, 15) is 14.0 Å². The second-order valence-corrected chi connectivity index (χ2v) is 9.25. The number of benzene rings is 1. The Morgan fingerprint density at radius 2 is 2.21 bits per heavy atom. The molecule has 2 N–H and O–H groups in total. The molecule has 178 valence electrons. The molecule has 0 saturated carbocycles. The van der Waals surface area contributed by atoms with Crippen molar-refractivity contribution in [2.24, 2.45) is 0 Å². The molecule has 0 radical (unpaired) electrons. The standard InChI is InChI=1S/C23H30FN5O4/c1-23(2)19-16(20(27-26-19)25-21(30)17-9-6-10-32-17)12-29(23)22(31)33-18(13-28(3)4)14-7-5-8-15(24)11-14/h5,7-8,11,17-18H,6,9-10,12-13H2,1-4H3,(H2,25,26,27,30)/t17-,18?/m1/s1. The minimum absolute atomic E-state index is 0.219. The molecule has 0 bridgehead atoms. The summed E-state index contributed by atoms with van der Waals surface area (Å²) in [5.74, 6) is -0.153. The van der Waals surface area contributed by atoms with Gasteiger partial charge in [-0.2, -0.15) is 5.10 Å². The lowest BCUT2D eigenvalue weighted by molar-refractivity contribution is -0.124. The number of amides is 2. The third kappa shape index (κ3) is 4.72. The molecular formula is C23H30FN5O4. The minimum atomic E-state index is -0.764. The van der Waals surface area contributed by atoms with Gasteiger partial charge in [0.05, 0.1) is 17.8 Å². The lowest BCUT2D eigenvalue weighted by atomic mass is 10.0. The number of rotatable bonds is 6. The number of aromatic nitrogens is 2. The molecule has 3 heterocycles. The molecule has 2 aliphatic heterocycles. The zero-order valence-corrected chi connectivity index (χ0v) is 19.4. The average molecular weight is 460 g/mol. The molecule has 0 aliphatic carbocycles. The molecule has 1 saturated heterocycles. The molecule has 1 fully saturated rings.